The summed E-state index contributed by atoms with van der Waals surface area (Å²) in [4.78, 5) is 30.1. The van der Waals surface area contributed by atoms with Crippen LogP contribution in [0.2, 0.25) is 4.34 Å². The van der Waals surface area contributed by atoms with Crippen LogP contribution in [0.25, 0.3) is 0 Å². The Morgan fingerprint density at radius 1 is 1.17 bits per heavy atom. The van der Waals surface area contributed by atoms with Gasteiger partial charge in [-0.1, -0.05) is 11.6 Å². The molecule has 7 nitrogen and oxygen atoms in total. The second kappa shape index (κ2) is 8.43. The van der Waals surface area contributed by atoms with Gasteiger partial charge >= 0.3 is 6.09 Å². The summed E-state index contributed by atoms with van der Waals surface area (Å²) < 4.78 is 29.6. The number of thiophene rings is 1. The third kappa shape index (κ3) is 5.64. The highest BCUT2D eigenvalue weighted by atomic mass is 35.5. The quantitative estimate of drug-likeness (QED) is 0.672. The zero-order valence-corrected chi connectivity index (χ0v) is 19.3. The van der Waals surface area contributed by atoms with Gasteiger partial charge in [-0.2, -0.15) is 0 Å². The summed E-state index contributed by atoms with van der Waals surface area (Å²) in [6.07, 6.45) is 0.303. The largest absolute Gasteiger partial charge is 0.444 e. The SMILES string of the molecule is CC(C)(C)OC(=O)N1CCN(C(=O)C2CCS(=O)(=O)CC2)C(c2ccc(Cl)s2)C1. The molecule has 0 spiro atoms. The Kier molecular flexibility index (Phi) is 6.50. The zero-order valence-electron chi connectivity index (χ0n) is 16.9. The summed E-state index contributed by atoms with van der Waals surface area (Å²) in [5, 5.41) is 0. The molecule has 0 bridgehead atoms. The first-order chi connectivity index (χ1) is 13.5. The van der Waals surface area contributed by atoms with Gasteiger partial charge in [0.15, 0.2) is 0 Å². The van der Waals surface area contributed by atoms with E-state index < -0.39 is 21.5 Å². The van der Waals surface area contributed by atoms with E-state index in [1.807, 2.05) is 26.8 Å². The van der Waals surface area contributed by atoms with Crippen molar-refractivity contribution in [3.8, 4) is 0 Å². The van der Waals surface area contributed by atoms with Crippen LogP contribution < -0.4 is 0 Å². The molecule has 2 aliphatic rings. The van der Waals surface area contributed by atoms with Gasteiger partial charge in [0.05, 0.1) is 21.9 Å². The monoisotopic (exact) mass is 462 g/mol. The van der Waals surface area contributed by atoms with Gasteiger partial charge in [-0.05, 0) is 45.7 Å². The second-order valence-electron chi connectivity index (χ2n) is 8.54. The van der Waals surface area contributed by atoms with E-state index >= 15 is 0 Å². The Morgan fingerprint density at radius 3 is 2.38 bits per heavy atom. The van der Waals surface area contributed by atoms with Crippen LogP contribution in [-0.4, -0.2) is 67.0 Å². The summed E-state index contributed by atoms with van der Waals surface area (Å²) in [6, 6.07) is 3.34. The fourth-order valence-corrected chi connectivity index (χ4v) is 6.32. The molecule has 162 valence electrons. The highest BCUT2D eigenvalue weighted by Crippen LogP contribution is 2.35. The van der Waals surface area contributed by atoms with Crippen molar-refractivity contribution >= 4 is 44.8 Å². The molecule has 1 atom stereocenters. The third-order valence-electron chi connectivity index (χ3n) is 5.14. The summed E-state index contributed by atoms with van der Waals surface area (Å²) in [6.45, 7) is 6.53. The predicted molar refractivity (Wildman–Crippen MR) is 113 cm³/mol. The van der Waals surface area contributed by atoms with Gasteiger partial charge in [-0.3, -0.25) is 4.79 Å². The van der Waals surface area contributed by atoms with Crippen LogP contribution in [0.3, 0.4) is 0 Å². The first-order valence-corrected chi connectivity index (χ1v) is 12.7. The molecule has 2 aliphatic heterocycles. The van der Waals surface area contributed by atoms with Crippen LogP contribution >= 0.6 is 22.9 Å². The van der Waals surface area contributed by atoms with E-state index in [1.54, 1.807) is 15.9 Å². The van der Waals surface area contributed by atoms with E-state index in [1.165, 1.54) is 11.3 Å². The Morgan fingerprint density at radius 2 is 1.83 bits per heavy atom. The molecule has 10 heteroatoms. The highest BCUT2D eigenvalue weighted by Gasteiger charge is 2.39. The number of hydrogen-bond acceptors (Lipinski definition) is 6. The summed E-state index contributed by atoms with van der Waals surface area (Å²) >= 11 is 7.50. The van der Waals surface area contributed by atoms with Crippen molar-refractivity contribution in [1.82, 2.24) is 9.80 Å². The maximum absolute atomic E-state index is 13.2. The number of carbonyl (C=O) groups is 2. The predicted octanol–water partition coefficient (Wildman–Crippen LogP) is 3.35. The number of nitrogens with zero attached hydrogens (tertiary/aromatic N) is 2. The summed E-state index contributed by atoms with van der Waals surface area (Å²) in [5.74, 6) is -0.240. The van der Waals surface area contributed by atoms with E-state index in [4.69, 9.17) is 16.3 Å². The van der Waals surface area contributed by atoms with Crippen molar-refractivity contribution in [2.24, 2.45) is 5.92 Å². The van der Waals surface area contributed by atoms with Crippen LogP contribution in [0, 0.1) is 5.92 Å². The normalized spacial score (nSPS) is 23.1. The Labute approximate surface area is 180 Å². The number of rotatable bonds is 2. The van der Waals surface area contributed by atoms with Gasteiger partial charge in [0, 0.05) is 30.4 Å². The van der Waals surface area contributed by atoms with Crippen molar-refractivity contribution in [3.05, 3.63) is 21.3 Å². The molecule has 0 saturated carbocycles. The van der Waals surface area contributed by atoms with Crippen molar-refractivity contribution in [3.63, 3.8) is 0 Å². The van der Waals surface area contributed by atoms with E-state index in [2.05, 4.69) is 0 Å². The molecule has 1 aromatic heterocycles. The van der Waals surface area contributed by atoms with Crippen LogP contribution in [0.1, 0.15) is 44.5 Å². The fraction of sp³-hybridized carbons (Fsp3) is 0.684. The molecule has 3 rings (SSSR count). The van der Waals surface area contributed by atoms with Crippen LogP contribution in [0.5, 0.6) is 0 Å². The molecule has 0 aliphatic carbocycles. The second-order valence-corrected chi connectivity index (χ2v) is 12.6. The molecule has 1 aromatic rings. The van der Waals surface area contributed by atoms with Crippen LogP contribution in [0.15, 0.2) is 12.1 Å². The lowest BCUT2D eigenvalue weighted by molar-refractivity contribution is -0.141. The molecule has 1 unspecified atom stereocenters. The van der Waals surface area contributed by atoms with Crippen LogP contribution in [0.4, 0.5) is 4.79 Å². The minimum Gasteiger partial charge on any atom is -0.444 e. The van der Waals surface area contributed by atoms with Crippen molar-refractivity contribution in [2.45, 2.75) is 45.3 Å². The van der Waals surface area contributed by atoms with Gasteiger partial charge < -0.3 is 14.5 Å². The minimum atomic E-state index is -3.04. The number of amides is 2. The van der Waals surface area contributed by atoms with Gasteiger partial charge in [0.25, 0.3) is 0 Å². The number of ether oxygens (including phenoxy) is 1. The maximum atomic E-state index is 13.2. The molecular formula is C19H27ClN2O5S2. The third-order valence-corrected chi connectivity index (χ3v) is 8.19. The molecule has 0 aromatic carbocycles. The standard InChI is InChI=1S/C19H27ClN2O5S2/c1-19(2,3)27-18(24)21-8-9-22(14(12-21)15-4-5-16(20)28-15)17(23)13-6-10-29(25,26)11-7-13/h4-5,13-14H,6-12H2,1-3H3. The molecule has 2 fully saturated rings. The first-order valence-electron chi connectivity index (χ1n) is 9.69. The first kappa shape index (κ1) is 22.4. The van der Waals surface area contributed by atoms with Gasteiger partial charge in [0.1, 0.15) is 15.4 Å². The lowest BCUT2D eigenvalue weighted by Crippen LogP contribution is -2.54. The van der Waals surface area contributed by atoms with Crippen molar-refractivity contribution < 1.29 is 22.7 Å². The lowest BCUT2D eigenvalue weighted by Gasteiger charge is -2.42. The number of piperazine rings is 1. The number of hydrogen-bond donors (Lipinski definition) is 0. The average Bonchev–Trinajstić information content (AvgIpc) is 3.05. The van der Waals surface area contributed by atoms with Gasteiger partial charge in [0.2, 0.25) is 5.91 Å². The summed E-state index contributed by atoms with van der Waals surface area (Å²) in [7, 11) is -3.04. The van der Waals surface area contributed by atoms with Gasteiger partial charge in [-0.15, -0.1) is 11.3 Å². The molecular weight excluding hydrogens is 436 g/mol. The van der Waals surface area contributed by atoms with E-state index in [0.29, 0.717) is 36.8 Å². The average molecular weight is 463 g/mol. The number of sulfone groups is 1. The van der Waals surface area contributed by atoms with E-state index in [9.17, 15) is 18.0 Å². The molecule has 0 N–H and O–H groups in total. The van der Waals surface area contributed by atoms with Gasteiger partial charge in [-0.25, -0.2) is 13.2 Å². The Balaban J connectivity index is 1.78. The number of halogens is 1. The van der Waals surface area contributed by atoms with E-state index in [-0.39, 0.29) is 29.4 Å². The fourth-order valence-electron chi connectivity index (χ4n) is 3.66. The van der Waals surface area contributed by atoms with Crippen molar-refractivity contribution in [2.75, 3.05) is 31.1 Å². The summed E-state index contributed by atoms with van der Waals surface area (Å²) in [5.41, 5.74) is -0.598. The smallest absolute Gasteiger partial charge is 0.410 e. The molecule has 2 saturated heterocycles. The minimum absolute atomic E-state index is 0.0433. The van der Waals surface area contributed by atoms with Crippen molar-refractivity contribution in [1.29, 1.82) is 0 Å². The molecule has 0 radical (unpaired) electrons. The highest BCUT2D eigenvalue weighted by molar-refractivity contribution is 7.91. The number of carbonyl (C=O) groups excluding carboxylic acids is 2. The molecule has 3 heterocycles. The Bertz CT molecular complexity index is 863. The maximum Gasteiger partial charge on any atom is 0.410 e. The lowest BCUT2D eigenvalue weighted by atomic mass is 9.98. The molecule has 29 heavy (non-hydrogen) atoms. The Hall–Kier alpha value is -1.32. The van der Waals surface area contributed by atoms with Crippen LogP contribution in [-0.2, 0) is 19.4 Å². The van der Waals surface area contributed by atoms with E-state index in [0.717, 1.165) is 4.88 Å². The zero-order chi connectivity index (χ0) is 21.4. The topological polar surface area (TPSA) is 84.0 Å². The molecule has 2 amide bonds.